The lowest BCUT2D eigenvalue weighted by atomic mass is 10.1. The van der Waals surface area contributed by atoms with Crippen LogP contribution >= 0.6 is 0 Å². The average molecular weight is 283 g/mol. The van der Waals surface area contributed by atoms with Crippen molar-refractivity contribution >= 4 is 5.97 Å². The van der Waals surface area contributed by atoms with Crippen molar-refractivity contribution in [3.8, 4) is 5.75 Å². The number of benzene rings is 1. The van der Waals surface area contributed by atoms with Gasteiger partial charge in [0.1, 0.15) is 11.6 Å². The largest absolute Gasteiger partial charge is 0.479 e. The molecule has 0 saturated carbocycles. The van der Waals surface area contributed by atoms with E-state index in [1.54, 1.807) is 13.0 Å². The van der Waals surface area contributed by atoms with Gasteiger partial charge in [0.15, 0.2) is 6.10 Å². The van der Waals surface area contributed by atoms with Crippen molar-refractivity contribution in [2.45, 2.75) is 39.3 Å². The summed E-state index contributed by atoms with van der Waals surface area (Å²) < 4.78 is 23.5. The van der Waals surface area contributed by atoms with Gasteiger partial charge in [0.2, 0.25) is 0 Å². The number of carbonyl (C=O) groups excluding carboxylic acids is 1. The first-order chi connectivity index (χ1) is 9.49. The first kappa shape index (κ1) is 16.4. The van der Waals surface area contributed by atoms with Crippen LogP contribution in [0.25, 0.3) is 0 Å². The first-order valence-corrected chi connectivity index (χ1v) is 6.76. The number of ether oxygens (including phenoxy) is 2. The maximum Gasteiger partial charge on any atom is 0.346 e. The number of halogens is 1. The monoisotopic (exact) mass is 283 g/mol. The molecule has 0 amide bonds. The fraction of sp³-hybridized carbons (Fsp3) is 0.533. The van der Waals surface area contributed by atoms with Crippen LogP contribution in [-0.4, -0.2) is 25.7 Å². The number of hydrogen-bond donors (Lipinski definition) is 1. The molecule has 0 bridgehead atoms. The minimum Gasteiger partial charge on any atom is -0.479 e. The van der Waals surface area contributed by atoms with E-state index in [0.29, 0.717) is 5.75 Å². The Bertz CT molecular complexity index is 451. The lowest BCUT2D eigenvalue weighted by molar-refractivity contribution is -0.147. The quantitative estimate of drug-likeness (QED) is 0.782. The van der Waals surface area contributed by atoms with Crippen LogP contribution in [0.15, 0.2) is 18.2 Å². The topological polar surface area (TPSA) is 47.6 Å². The van der Waals surface area contributed by atoms with Crippen molar-refractivity contribution in [1.29, 1.82) is 0 Å². The van der Waals surface area contributed by atoms with Gasteiger partial charge in [-0.25, -0.2) is 9.18 Å². The molecule has 0 aliphatic rings. The van der Waals surface area contributed by atoms with E-state index in [1.165, 1.54) is 19.2 Å². The third-order valence-electron chi connectivity index (χ3n) is 2.98. The molecule has 0 spiro atoms. The van der Waals surface area contributed by atoms with E-state index < -0.39 is 17.9 Å². The van der Waals surface area contributed by atoms with Crippen molar-refractivity contribution in [3.63, 3.8) is 0 Å². The number of rotatable bonds is 7. The molecule has 0 fully saturated rings. The van der Waals surface area contributed by atoms with Gasteiger partial charge >= 0.3 is 5.97 Å². The van der Waals surface area contributed by atoms with Gasteiger partial charge < -0.3 is 14.8 Å². The Balaban J connectivity index is 2.92. The molecule has 0 aliphatic heterocycles. The molecule has 5 heteroatoms. The van der Waals surface area contributed by atoms with Crippen LogP contribution in [0.4, 0.5) is 4.39 Å². The molecule has 1 rings (SSSR count). The van der Waals surface area contributed by atoms with Crippen LogP contribution in [0.1, 0.15) is 38.8 Å². The second-order valence-corrected chi connectivity index (χ2v) is 4.64. The Morgan fingerprint density at radius 2 is 2.10 bits per heavy atom. The van der Waals surface area contributed by atoms with E-state index in [0.717, 1.165) is 18.5 Å². The zero-order valence-corrected chi connectivity index (χ0v) is 12.4. The molecule has 2 unspecified atom stereocenters. The van der Waals surface area contributed by atoms with Crippen molar-refractivity contribution in [1.82, 2.24) is 5.32 Å². The summed E-state index contributed by atoms with van der Waals surface area (Å²) in [4.78, 5) is 11.4. The molecule has 0 saturated heterocycles. The summed E-state index contributed by atoms with van der Waals surface area (Å²) >= 11 is 0. The normalized spacial score (nSPS) is 13.7. The Morgan fingerprint density at radius 1 is 1.40 bits per heavy atom. The Morgan fingerprint density at radius 3 is 2.70 bits per heavy atom. The van der Waals surface area contributed by atoms with Gasteiger partial charge in [-0.1, -0.05) is 13.0 Å². The maximum atomic E-state index is 13.4. The standard InChI is InChI=1S/C15H22FNO3/c1-5-8-17-10(2)13-7-6-12(16)9-14(13)20-11(3)15(18)19-4/h6-7,9-11,17H,5,8H2,1-4H3. The summed E-state index contributed by atoms with van der Waals surface area (Å²) in [5.41, 5.74) is 0.815. The molecule has 1 aromatic carbocycles. The Hall–Kier alpha value is -1.62. The van der Waals surface area contributed by atoms with Crippen molar-refractivity contribution < 1.29 is 18.7 Å². The predicted molar refractivity (Wildman–Crippen MR) is 75.2 cm³/mol. The number of methoxy groups -OCH3 is 1. The molecule has 0 aromatic heterocycles. The van der Waals surface area contributed by atoms with Gasteiger partial charge in [0.25, 0.3) is 0 Å². The minimum absolute atomic E-state index is 0.00963. The van der Waals surface area contributed by atoms with Crippen molar-refractivity contribution in [3.05, 3.63) is 29.6 Å². The predicted octanol–water partition coefficient (Wildman–Crippen LogP) is 2.83. The lowest BCUT2D eigenvalue weighted by Gasteiger charge is -2.20. The highest BCUT2D eigenvalue weighted by Gasteiger charge is 2.19. The Labute approximate surface area is 119 Å². The van der Waals surface area contributed by atoms with Gasteiger partial charge in [-0.2, -0.15) is 0 Å². The molecule has 2 atom stereocenters. The van der Waals surface area contributed by atoms with Crippen LogP contribution in [-0.2, 0) is 9.53 Å². The van der Waals surface area contributed by atoms with E-state index in [2.05, 4.69) is 17.0 Å². The van der Waals surface area contributed by atoms with E-state index in [-0.39, 0.29) is 6.04 Å². The molecular weight excluding hydrogens is 261 g/mol. The zero-order valence-electron chi connectivity index (χ0n) is 12.4. The highest BCUT2D eigenvalue weighted by atomic mass is 19.1. The lowest BCUT2D eigenvalue weighted by Crippen LogP contribution is -2.26. The minimum atomic E-state index is -0.779. The zero-order chi connectivity index (χ0) is 15.1. The summed E-state index contributed by atoms with van der Waals surface area (Å²) in [6, 6.07) is 4.35. The van der Waals surface area contributed by atoms with Crippen molar-refractivity contribution in [2.24, 2.45) is 0 Å². The van der Waals surface area contributed by atoms with Crippen LogP contribution in [0.2, 0.25) is 0 Å². The summed E-state index contributed by atoms with van der Waals surface area (Å²) in [5, 5.41) is 3.31. The number of carbonyl (C=O) groups is 1. The van der Waals surface area contributed by atoms with E-state index >= 15 is 0 Å². The van der Waals surface area contributed by atoms with E-state index in [9.17, 15) is 9.18 Å². The fourth-order valence-electron chi connectivity index (χ4n) is 1.84. The molecule has 20 heavy (non-hydrogen) atoms. The first-order valence-electron chi connectivity index (χ1n) is 6.76. The van der Waals surface area contributed by atoms with Gasteiger partial charge in [0.05, 0.1) is 7.11 Å². The molecular formula is C15H22FNO3. The SMILES string of the molecule is CCCNC(C)c1ccc(F)cc1OC(C)C(=O)OC. The Kier molecular flexibility index (Phi) is 6.45. The highest BCUT2D eigenvalue weighted by Crippen LogP contribution is 2.27. The van der Waals surface area contributed by atoms with E-state index in [4.69, 9.17) is 4.74 Å². The van der Waals surface area contributed by atoms with Gasteiger partial charge in [0, 0.05) is 17.7 Å². The summed E-state index contributed by atoms with van der Waals surface area (Å²) in [6.45, 7) is 6.47. The third kappa shape index (κ3) is 4.49. The number of esters is 1. The van der Waals surface area contributed by atoms with Crippen LogP contribution in [0.5, 0.6) is 5.75 Å². The molecule has 0 radical (unpaired) electrons. The molecule has 112 valence electrons. The summed E-state index contributed by atoms with van der Waals surface area (Å²) in [5.74, 6) is -0.531. The molecule has 0 heterocycles. The average Bonchev–Trinajstić information content (AvgIpc) is 2.43. The number of nitrogens with one attached hydrogen (secondary N) is 1. The second-order valence-electron chi connectivity index (χ2n) is 4.64. The molecule has 1 aromatic rings. The summed E-state index contributed by atoms with van der Waals surface area (Å²) in [7, 11) is 1.29. The van der Waals surface area contributed by atoms with Crippen LogP contribution in [0.3, 0.4) is 0 Å². The van der Waals surface area contributed by atoms with Gasteiger partial charge in [-0.15, -0.1) is 0 Å². The van der Waals surface area contributed by atoms with E-state index in [1.807, 2.05) is 6.92 Å². The molecule has 0 aliphatic carbocycles. The molecule has 1 N–H and O–H groups in total. The van der Waals surface area contributed by atoms with Crippen LogP contribution < -0.4 is 10.1 Å². The van der Waals surface area contributed by atoms with Crippen LogP contribution in [0, 0.1) is 5.82 Å². The number of hydrogen-bond acceptors (Lipinski definition) is 4. The third-order valence-corrected chi connectivity index (χ3v) is 2.98. The van der Waals surface area contributed by atoms with Gasteiger partial charge in [-0.05, 0) is 32.9 Å². The van der Waals surface area contributed by atoms with Crippen molar-refractivity contribution in [2.75, 3.05) is 13.7 Å². The van der Waals surface area contributed by atoms with Gasteiger partial charge in [-0.3, -0.25) is 0 Å². The maximum absolute atomic E-state index is 13.4. The fourth-order valence-corrected chi connectivity index (χ4v) is 1.84. The second kappa shape index (κ2) is 7.85. The highest BCUT2D eigenvalue weighted by molar-refractivity contribution is 5.74. The molecule has 4 nitrogen and oxygen atoms in total. The summed E-state index contributed by atoms with van der Waals surface area (Å²) in [6.07, 6.45) is 0.222. The smallest absolute Gasteiger partial charge is 0.346 e.